The van der Waals surface area contributed by atoms with Gasteiger partial charge in [-0.3, -0.25) is 9.59 Å². The normalized spacial score (nSPS) is 12.4. The number of oxazole rings is 1. The van der Waals surface area contributed by atoms with Gasteiger partial charge in [0, 0.05) is 68.7 Å². The van der Waals surface area contributed by atoms with E-state index in [9.17, 15) is 23.5 Å². The minimum absolute atomic E-state index is 0.0502. The van der Waals surface area contributed by atoms with Crippen LogP contribution >= 0.6 is 0 Å². The lowest BCUT2D eigenvalue weighted by atomic mass is 9.99. The van der Waals surface area contributed by atoms with Crippen LogP contribution < -0.4 is 15.5 Å². The molecule has 2 atom stereocenters. The zero-order valence-electron chi connectivity index (χ0n) is 27.3. The fourth-order valence-electron chi connectivity index (χ4n) is 5.38. The number of nitrogens with one attached hydrogen (secondary N) is 2. The molecule has 0 saturated carbocycles. The first-order valence-electron chi connectivity index (χ1n) is 15.8. The molecule has 9 nitrogen and oxygen atoms in total. The van der Waals surface area contributed by atoms with Crippen LogP contribution in [0.25, 0.3) is 11.5 Å². The Hall–Kier alpha value is -4.61. The van der Waals surface area contributed by atoms with Crippen LogP contribution in [-0.2, 0) is 13.0 Å². The van der Waals surface area contributed by atoms with E-state index in [0.717, 1.165) is 30.2 Å². The minimum atomic E-state index is -1.14. The summed E-state index contributed by atoms with van der Waals surface area (Å²) in [4.78, 5) is 35.3. The molecule has 0 aliphatic heterocycles. The first-order valence-corrected chi connectivity index (χ1v) is 15.8. The summed E-state index contributed by atoms with van der Waals surface area (Å²) in [6.45, 7) is 5.62. The van der Waals surface area contributed by atoms with Gasteiger partial charge in [0.25, 0.3) is 11.8 Å². The number of carbonyl (C=O) groups is 2. The van der Waals surface area contributed by atoms with E-state index in [4.69, 9.17) is 4.42 Å². The molecule has 0 bridgehead atoms. The van der Waals surface area contributed by atoms with Gasteiger partial charge in [-0.1, -0.05) is 26.0 Å². The number of rotatable bonds is 16. The molecule has 0 aliphatic carbocycles. The fourth-order valence-corrected chi connectivity index (χ4v) is 5.38. The van der Waals surface area contributed by atoms with Gasteiger partial charge in [-0.05, 0) is 72.9 Å². The molecule has 0 spiro atoms. The molecular weight excluding hydrogens is 604 g/mol. The van der Waals surface area contributed by atoms with Crippen molar-refractivity contribution in [3.8, 4) is 11.5 Å². The Labute approximate surface area is 274 Å². The average Bonchev–Trinajstić information content (AvgIpc) is 3.59. The maximum atomic E-state index is 14.1. The quantitative estimate of drug-likeness (QED) is 0.149. The number of halogens is 2. The third-order valence-corrected chi connectivity index (χ3v) is 7.66. The van der Waals surface area contributed by atoms with Gasteiger partial charge >= 0.3 is 0 Å². The summed E-state index contributed by atoms with van der Waals surface area (Å²) >= 11 is 0. The summed E-state index contributed by atoms with van der Waals surface area (Å²) < 4.78 is 33.7. The van der Waals surface area contributed by atoms with E-state index in [-0.39, 0.29) is 35.9 Å². The number of amides is 2. The highest BCUT2D eigenvalue weighted by molar-refractivity contribution is 6.01. The van der Waals surface area contributed by atoms with Crippen molar-refractivity contribution in [2.24, 2.45) is 0 Å². The second-order valence-corrected chi connectivity index (χ2v) is 11.8. The number of benzene rings is 3. The number of nitrogens with zero attached hydrogens (tertiary/aromatic N) is 3. The van der Waals surface area contributed by atoms with Crippen LogP contribution in [0.3, 0.4) is 0 Å². The molecule has 3 N–H and O–H groups in total. The number of hydrogen-bond donors (Lipinski definition) is 3. The summed E-state index contributed by atoms with van der Waals surface area (Å²) in [6, 6.07) is 14.8. The fraction of sp³-hybridized carbons (Fsp3) is 0.361. The molecule has 4 aromatic rings. The molecule has 0 unspecified atom stereocenters. The zero-order valence-corrected chi connectivity index (χ0v) is 27.3. The summed E-state index contributed by atoms with van der Waals surface area (Å²) in [5, 5.41) is 17.4. The Morgan fingerprint density at radius 2 is 1.64 bits per heavy atom. The van der Waals surface area contributed by atoms with E-state index in [1.54, 1.807) is 17.0 Å². The van der Waals surface area contributed by atoms with E-state index in [2.05, 4.69) is 15.6 Å². The minimum Gasteiger partial charge on any atom is -0.445 e. The predicted octanol–water partition coefficient (Wildman–Crippen LogP) is 5.44. The van der Waals surface area contributed by atoms with Gasteiger partial charge in [-0.15, -0.1) is 0 Å². The van der Waals surface area contributed by atoms with E-state index in [1.165, 1.54) is 30.7 Å². The van der Waals surface area contributed by atoms with Crippen molar-refractivity contribution in [3.05, 3.63) is 107 Å². The highest BCUT2D eigenvalue weighted by Gasteiger charge is 2.25. The predicted molar refractivity (Wildman–Crippen MR) is 178 cm³/mol. The molecule has 3 aromatic carbocycles. The van der Waals surface area contributed by atoms with Gasteiger partial charge in [-0.2, -0.15) is 0 Å². The molecule has 0 fully saturated rings. The van der Waals surface area contributed by atoms with Crippen molar-refractivity contribution in [2.45, 2.75) is 51.8 Å². The Morgan fingerprint density at radius 3 is 2.28 bits per heavy atom. The highest BCUT2D eigenvalue weighted by atomic mass is 19.1. The smallest absolute Gasteiger partial charge is 0.253 e. The monoisotopic (exact) mass is 647 g/mol. The Morgan fingerprint density at radius 1 is 0.936 bits per heavy atom. The molecule has 4 rings (SSSR count). The van der Waals surface area contributed by atoms with Crippen LogP contribution in [0.2, 0.25) is 0 Å². The van der Waals surface area contributed by atoms with Crippen LogP contribution in [0.5, 0.6) is 0 Å². The van der Waals surface area contributed by atoms with Crippen molar-refractivity contribution in [1.82, 2.24) is 20.5 Å². The van der Waals surface area contributed by atoms with Crippen molar-refractivity contribution in [1.29, 1.82) is 0 Å². The van der Waals surface area contributed by atoms with E-state index < -0.39 is 29.7 Å². The second kappa shape index (κ2) is 16.8. The third-order valence-electron chi connectivity index (χ3n) is 7.66. The van der Waals surface area contributed by atoms with E-state index in [1.807, 2.05) is 57.1 Å². The van der Waals surface area contributed by atoms with Gasteiger partial charge < -0.3 is 30.0 Å². The van der Waals surface area contributed by atoms with Crippen molar-refractivity contribution < 1.29 is 27.9 Å². The van der Waals surface area contributed by atoms with Gasteiger partial charge in [0.1, 0.15) is 17.9 Å². The van der Waals surface area contributed by atoms with Crippen molar-refractivity contribution in [3.63, 3.8) is 0 Å². The lowest BCUT2D eigenvalue weighted by Gasteiger charge is -2.26. The largest absolute Gasteiger partial charge is 0.445 e. The molecule has 0 radical (unpaired) electrons. The van der Waals surface area contributed by atoms with Crippen molar-refractivity contribution in [2.75, 3.05) is 38.6 Å². The average molecular weight is 648 g/mol. The van der Waals surface area contributed by atoms with E-state index >= 15 is 0 Å². The molecule has 1 heterocycles. The molecule has 47 heavy (non-hydrogen) atoms. The van der Waals surface area contributed by atoms with E-state index in [0.29, 0.717) is 30.8 Å². The third kappa shape index (κ3) is 9.94. The van der Waals surface area contributed by atoms with Crippen LogP contribution in [0.15, 0.2) is 77.5 Å². The Balaban J connectivity index is 1.60. The molecule has 250 valence electrons. The zero-order chi connectivity index (χ0) is 33.9. The van der Waals surface area contributed by atoms with Crippen LogP contribution in [-0.4, -0.2) is 72.7 Å². The van der Waals surface area contributed by atoms with Gasteiger partial charge in [-0.25, -0.2) is 13.8 Å². The molecule has 11 heteroatoms. The number of aliphatic hydroxyl groups excluding tert-OH is 1. The van der Waals surface area contributed by atoms with Crippen LogP contribution in [0, 0.1) is 11.6 Å². The van der Waals surface area contributed by atoms with Gasteiger partial charge in [0.05, 0.1) is 18.3 Å². The maximum Gasteiger partial charge on any atom is 0.253 e. The molecule has 0 aliphatic rings. The summed E-state index contributed by atoms with van der Waals surface area (Å²) in [6.07, 6.45) is 3.23. The van der Waals surface area contributed by atoms with Gasteiger partial charge in [0.15, 0.2) is 0 Å². The second-order valence-electron chi connectivity index (χ2n) is 11.8. The number of aliphatic hydroxyl groups is 1. The SMILES string of the molecule is CCCN(CCC)C(=O)c1cc(C(=O)N[C@H](Cc2cc(F)cc(F)c2)[C@@H](O)CNCc2cccc(N(C)C)c2)cc(-c2ncco2)c1. The highest BCUT2D eigenvalue weighted by Crippen LogP contribution is 2.23. The van der Waals surface area contributed by atoms with Crippen molar-refractivity contribution >= 4 is 17.5 Å². The number of hydrogen-bond acceptors (Lipinski definition) is 7. The van der Waals surface area contributed by atoms with Crippen LogP contribution in [0.4, 0.5) is 14.5 Å². The summed E-state index contributed by atoms with van der Waals surface area (Å²) in [5.74, 6) is -2.09. The standard InChI is InChI=1S/C36H43F2N5O4/c1-5-11-43(12-6-2)36(46)28-19-26(18-27(20-28)35-40-10-13-47-35)34(45)41-32(17-25-14-29(37)21-30(38)15-25)33(44)23-39-22-24-8-7-9-31(16-24)42(3)4/h7-10,13-16,18-21,32-33,39,44H,5-6,11-12,17,22-23H2,1-4H3,(H,41,45)/t32-,33+/m1/s1. The molecule has 1 aromatic heterocycles. The Kier molecular flexibility index (Phi) is 12.6. The maximum absolute atomic E-state index is 14.1. The number of aromatic nitrogens is 1. The Bertz CT molecular complexity index is 1600. The lowest BCUT2D eigenvalue weighted by Crippen LogP contribution is -2.48. The lowest BCUT2D eigenvalue weighted by molar-refractivity contribution is 0.0755. The first-order chi connectivity index (χ1) is 22.6. The number of carbonyl (C=O) groups excluding carboxylic acids is 2. The topological polar surface area (TPSA) is 111 Å². The number of anilines is 1. The summed E-state index contributed by atoms with van der Waals surface area (Å²) in [5.41, 5.74) is 3.17. The van der Waals surface area contributed by atoms with Crippen LogP contribution in [0.1, 0.15) is 58.5 Å². The van der Waals surface area contributed by atoms with Gasteiger partial charge in [0.2, 0.25) is 5.89 Å². The first kappa shape index (κ1) is 35.2. The molecular formula is C36H43F2N5O4. The molecule has 2 amide bonds. The summed E-state index contributed by atoms with van der Waals surface area (Å²) in [7, 11) is 3.90. The molecule has 0 saturated heterocycles.